The van der Waals surface area contributed by atoms with Gasteiger partial charge in [-0.3, -0.25) is 9.59 Å². The Balaban J connectivity index is 2.09. The van der Waals surface area contributed by atoms with Crippen molar-refractivity contribution in [3.8, 4) is 0 Å². The molecule has 24 heavy (non-hydrogen) atoms. The molecule has 2 amide bonds. The molecule has 0 atom stereocenters. The highest BCUT2D eigenvalue weighted by atomic mass is 16.5. The van der Waals surface area contributed by atoms with Gasteiger partial charge in [0.1, 0.15) is 0 Å². The molecule has 0 fully saturated rings. The van der Waals surface area contributed by atoms with Gasteiger partial charge in [0.2, 0.25) is 0 Å². The van der Waals surface area contributed by atoms with Crippen LogP contribution >= 0.6 is 0 Å². The van der Waals surface area contributed by atoms with E-state index in [1.165, 1.54) is 0 Å². The minimum atomic E-state index is -0.179. The molecule has 0 radical (unpaired) electrons. The summed E-state index contributed by atoms with van der Waals surface area (Å²) in [6, 6.07) is 16.2. The van der Waals surface area contributed by atoms with Gasteiger partial charge in [0.25, 0.3) is 11.8 Å². The highest BCUT2D eigenvalue weighted by molar-refractivity contribution is 6.06. The van der Waals surface area contributed by atoms with Crippen LogP contribution in [0.3, 0.4) is 0 Å². The van der Waals surface area contributed by atoms with Gasteiger partial charge in [-0.05, 0) is 43.3 Å². The summed E-state index contributed by atoms with van der Waals surface area (Å²) in [5, 5.41) is 2.75. The number of methoxy groups -OCH3 is 1. The van der Waals surface area contributed by atoms with Crippen LogP contribution in [-0.4, -0.2) is 38.6 Å². The summed E-state index contributed by atoms with van der Waals surface area (Å²) in [7, 11) is 1.58. The van der Waals surface area contributed by atoms with E-state index in [9.17, 15) is 9.59 Å². The minimum Gasteiger partial charge on any atom is -0.383 e. The summed E-state index contributed by atoms with van der Waals surface area (Å²) in [6.07, 6.45) is 0. The summed E-state index contributed by atoms with van der Waals surface area (Å²) in [5.41, 5.74) is 1.92. The maximum absolute atomic E-state index is 12.7. The van der Waals surface area contributed by atoms with Crippen molar-refractivity contribution in [2.75, 3.05) is 31.7 Å². The van der Waals surface area contributed by atoms with Gasteiger partial charge in [0.05, 0.1) is 6.61 Å². The second-order valence-electron chi connectivity index (χ2n) is 5.21. The molecule has 0 aromatic heterocycles. The van der Waals surface area contributed by atoms with E-state index in [0.717, 1.165) is 5.69 Å². The smallest absolute Gasteiger partial charge is 0.258 e. The number of hydrogen-bond acceptors (Lipinski definition) is 3. The molecule has 2 aromatic rings. The Kier molecular flexibility index (Phi) is 6.51. The number of carbonyl (C=O) groups is 2. The average Bonchev–Trinajstić information content (AvgIpc) is 2.63. The Morgan fingerprint density at radius 2 is 1.62 bits per heavy atom. The first kappa shape index (κ1) is 17.7. The highest BCUT2D eigenvalue weighted by Crippen LogP contribution is 2.17. The van der Waals surface area contributed by atoms with E-state index in [-0.39, 0.29) is 11.8 Å². The molecule has 0 spiro atoms. The zero-order valence-electron chi connectivity index (χ0n) is 14.0. The van der Waals surface area contributed by atoms with Crippen LogP contribution < -0.4 is 10.2 Å². The standard InChI is InChI=1S/C19H22N2O3/c1-3-21(17-7-5-4-6-8-17)19(23)16-11-9-15(10-12-16)18(22)20-13-14-24-2/h4-12H,3,13-14H2,1-2H3,(H,20,22). The van der Waals surface area contributed by atoms with E-state index < -0.39 is 0 Å². The molecule has 2 rings (SSSR count). The van der Waals surface area contributed by atoms with Crippen molar-refractivity contribution in [2.45, 2.75) is 6.92 Å². The molecule has 0 unspecified atom stereocenters. The third-order valence-corrected chi connectivity index (χ3v) is 3.62. The van der Waals surface area contributed by atoms with Crippen LogP contribution in [0.1, 0.15) is 27.6 Å². The number of para-hydroxylation sites is 1. The van der Waals surface area contributed by atoms with E-state index in [0.29, 0.717) is 30.8 Å². The molecule has 0 bridgehead atoms. The Morgan fingerprint density at radius 1 is 1.00 bits per heavy atom. The first-order valence-electron chi connectivity index (χ1n) is 7.91. The first-order chi connectivity index (χ1) is 11.7. The molecule has 126 valence electrons. The monoisotopic (exact) mass is 326 g/mol. The number of carbonyl (C=O) groups excluding carboxylic acids is 2. The van der Waals surface area contributed by atoms with Gasteiger partial charge in [-0.25, -0.2) is 0 Å². The van der Waals surface area contributed by atoms with Gasteiger partial charge in [-0.2, -0.15) is 0 Å². The third-order valence-electron chi connectivity index (χ3n) is 3.62. The molecule has 2 aromatic carbocycles. The molecule has 5 heteroatoms. The number of amides is 2. The SMILES string of the molecule is CCN(C(=O)c1ccc(C(=O)NCCOC)cc1)c1ccccc1. The Bertz CT molecular complexity index is 669. The predicted molar refractivity (Wildman–Crippen MR) is 94.4 cm³/mol. The average molecular weight is 326 g/mol. The van der Waals surface area contributed by atoms with Gasteiger partial charge in [0.15, 0.2) is 0 Å². The number of rotatable bonds is 7. The fourth-order valence-corrected chi connectivity index (χ4v) is 2.34. The van der Waals surface area contributed by atoms with Gasteiger partial charge in [0, 0.05) is 37.0 Å². The summed E-state index contributed by atoms with van der Waals surface area (Å²) in [6.45, 7) is 3.42. The lowest BCUT2D eigenvalue weighted by atomic mass is 10.1. The Hall–Kier alpha value is -2.66. The molecule has 0 aliphatic rings. The second-order valence-corrected chi connectivity index (χ2v) is 5.21. The number of hydrogen-bond donors (Lipinski definition) is 1. The van der Waals surface area contributed by atoms with Crippen molar-refractivity contribution < 1.29 is 14.3 Å². The van der Waals surface area contributed by atoms with Crippen LogP contribution in [0.25, 0.3) is 0 Å². The van der Waals surface area contributed by atoms with Crippen molar-refractivity contribution in [3.05, 3.63) is 65.7 Å². The van der Waals surface area contributed by atoms with Crippen LogP contribution in [0.2, 0.25) is 0 Å². The van der Waals surface area contributed by atoms with E-state index in [1.54, 1.807) is 36.3 Å². The lowest BCUT2D eigenvalue weighted by Gasteiger charge is -2.21. The number of nitrogens with zero attached hydrogens (tertiary/aromatic N) is 1. The predicted octanol–water partition coefficient (Wildman–Crippen LogP) is 2.73. The van der Waals surface area contributed by atoms with Crippen LogP contribution in [0, 0.1) is 0 Å². The molecular formula is C19H22N2O3. The van der Waals surface area contributed by atoms with E-state index >= 15 is 0 Å². The molecule has 1 N–H and O–H groups in total. The van der Waals surface area contributed by atoms with Crippen molar-refractivity contribution in [1.82, 2.24) is 5.32 Å². The van der Waals surface area contributed by atoms with Crippen molar-refractivity contribution in [2.24, 2.45) is 0 Å². The van der Waals surface area contributed by atoms with Gasteiger partial charge >= 0.3 is 0 Å². The largest absolute Gasteiger partial charge is 0.383 e. The summed E-state index contributed by atoms with van der Waals surface area (Å²) < 4.78 is 4.89. The zero-order valence-corrected chi connectivity index (χ0v) is 14.0. The van der Waals surface area contributed by atoms with Crippen LogP contribution in [0.5, 0.6) is 0 Å². The van der Waals surface area contributed by atoms with Gasteiger partial charge in [-0.15, -0.1) is 0 Å². The second kappa shape index (κ2) is 8.84. The minimum absolute atomic E-state index is 0.0879. The highest BCUT2D eigenvalue weighted by Gasteiger charge is 2.16. The van der Waals surface area contributed by atoms with Crippen molar-refractivity contribution >= 4 is 17.5 Å². The van der Waals surface area contributed by atoms with E-state index in [1.807, 2.05) is 37.3 Å². The third kappa shape index (κ3) is 4.43. The van der Waals surface area contributed by atoms with Crippen LogP contribution in [0.15, 0.2) is 54.6 Å². The zero-order chi connectivity index (χ0) is 17.4. The number of nitrogens with one attached hydrogen (secondary N) is 1. The molecule has 0 aliphatic heterocycles. The fraction of sp³-hybridized carbons (Fsp3) is 0.263. The number of ether oxygens (including phenoxy) is 1. The molecule has 0 heterocycles. The van der Waals surface area contributed by atoms with Crippen LogP contribution in [-0.2, 0) is 4.74 Å². The Morgan fingerprint density at radius 3 is 2.21 bits per heavy atom. The Labute approximate surface area is 142 Å². The molecule has 0 saturated heterocycles. The quantitative estimate of drug-likeness (QED) is 0.796. The van der Waals surface area contributed by atoms with Gasteiger partial charge < -0.3 is 15.0 Å². The maximum Gasteiger partial charge on any atom is 0.258 e. The van der Waals surface area contributed by atoms with E-state index in [4.69, 9.17) is 4.74 Å². The van der Waals surface area contributed by atoms with E-state index in [2.05, 4.69) is 5.32 Å². The lowest BCUT2D eigenvalue weighted by molar-refractivity contribution is 0.0934. The van der Waals surface area contributed by atoms with Crippen molar-refractivity contribution in [3.63, 3.8) is 0 Å². The topological polar surface area (TPSA) is 58.6 Å². The molecule has 0 saturated carbocycles. The fourth-order valence-electron chi connectivity index (χ4n) is 2.34. The molecule has 0 aliphatic carbocycles. The number of benzene rings is 2. The first-order valence-corrected chi connectivity index (χ1v) is 7.91. The van der Waals surface area contributed by atoms with Crippen LogP contribution in [0.4, 0.5) is 5.69 Å². The number of anilines is 1. The molecule has 5 nitrogen and oxygen atoms in total. The maximum atomic E-state index is 12.7. The summed E-state index contributed by atoms with van der Waals surface area (Å²) in [4.78, 5) is 26.3. The van der Waals surface area contributed by atoms with Gasteiger partial charge in [-0.1, -0.05) is 18.2 Å². The summed E-state index contributed by atoms with van der Waals surface area (Å²) in [5.74, 6) is -0.267. The lowest BCUT2D eigenvalue weighted by Crippen LogP contribution is -2.30. The molecular weight excluding hydrogens is 304 g/mol. The summed E-state index contributed by atoms with van der Waals surface area (Å²) >= 11 is 0. The normalized spacial score (nSPS) is 10.2. The van der Waals surface area contributed by atoms with Crippen molar-refractivity contribution in [1.29, 1.82) is 0 Å².